The first-order valence-electron chi connectivity index (χ1n) is 7.33. The van der Waals surface area contributed by atoms with Crippen molar-refractivity contribution in [3.63, 3.8) is 0 Å². The van der Waals surface area contributed by atoms with Gasteiger partial charge in [0, 0.05) is 11.1 Å². The summed E-state index contributed by atoms with van der Waals surface area (Å²) in [7, 11) is 0. The van der Waals surface area contributed by atoms with Gasteiger partial charge in [0.05, 0.1) is 0 Å². The van der Waals surface area contributed by atoms with Crippen molar-refractivity contribution in [1.29, 1.82) is 0 Å². The molecule has 0 heterocycles. The Morgan fingerprint density at radius 2 is 1.80 bits per heavy atom. The van der Waals surface area contributed by atoms with Crippen molar-refractivity contribution in [2.45, 2.75) is 33.6 Å². The third-order valence-corrected chi connectivity index (χ3v) is 3.48. The molecule has 0 aliphatic heterocycles. The second-order valence-corrected chi connectivity index (χ2v) is 5.64. The van der Waals surface area contributed by atoms with Crippen molar-refractivity contribution in [2.75, 3.05) is 0 Å². The molecule has 2 rings (SSSR count). The van der Waals surface area contributed by atoms with Crippen molar-refractivity contribution in [1.82, 2.24) is 0 Å². The van der Waals surface area contributed by atoms with E-state index >= 15 is 0 Å². The molecule has 2 aromatic carbocycles. The molecule has 0 fully saturated rings. The molecule has 1 heteroatoms. The summed E-state index contributed by atoms with van der Waals surface area (Å²) in [6.07, 6.45) is 1.89. The van der Waals surface area contributed by atoms with E-state index in [4.69, 9.17) is 0 Å². The molecule has 0 saturated heterocycles. The van der Waals surface area contributed by atoms with Gasteiger partial charge in [0.25, 0.3) is 0 Å². The van der Waals surface area contributed by atoms with Crippen LogP contribution in [0.5, 0.6) is 0 Å². The fraction of sp³-hybridized carbons (Fsp3) is 0.316. The Morgan fingerprint density at radius 1 is 1.05 bits per heavy atom. The maximum absolute atomic E-state index is 12.7. The lowest BCUT2D eigenvalue weighted by molar-refractivity contribution is 0.103. The lowest BCUT2D eigenvalue weighted by Crippen LogP contribution is -2.06. The summed E-state index contributed by atoms with van der Waals surface area (Å²) in [5.74, 6) is 0.733. The molecule has 0 bridgehead atoms. The fourth-order valence-corrected chi connectivity index (χ4v) is 2.52. The Kier molecular flexibility index (Phi) is 4.73. The van der Waals surface area contributed by atoms with Crippen LogP contribution in [0.1, 0.15) is 47.8 Å². The molecule has 0 aromatic heterocycles. The zero-order valence-electron chi connectivity index (χ0n) is 12.5. The highest BCUT2D eigenvalue weighted by Gasteiger charge is 2.12. The van der Waals surface area contributed by atoms with Gasteiger partial charge in [-0.1, -0.05) is 63.2 Å². The van der Waals surface area contributed by atoms with Crippen LogP contribution in [-0.2, 0) is 12.8 Å². The Hall–Kier alpha value is -1.89. The highest BCUT2D eigenvalue weighted by Crippen LogP contribution is 2.17. The van der Waals surface area contributed by atoms with Gasteiger partial charge in [0.15, 0.2) is 5.78 Å². The number of rotatable bonds is 5. The molecular weight excluding hydrogens is 244 g/mol. The smallest absolute Gasteiger partial charge is 0.193 e. The van der Waals surface area contributed by atoms with Crippen LogP contribution < -0.4 is 0 Å². The predicted octanol–water partition coefficient (Wildman–Crippen LogP) is 4.68. The summed E-state index contributed by atoms with van der Waals surface area (Å²) in [6, 6.07) is 15.9. The molecule has 0 radical (unpaired) electrons. The number of hydrogen-bond acceptors (Lipinski definition) is 1. The molecule has 104 valence electrons. The molecule has 0 saturated carbocycles. The van der Waals surface area contributed by atoms with E-state index in [2.05, 4.69) is 26.8 Å². The first-order chi connectivity index (χ1) is 9.61. The minimum Gasteiger partial charge on any atom is -0.289 e. The summed E-state index contributed by atoms with van der Waals surface area (Å²) in [6.45, 7) is 6.48. The second-order valence-electron chi connectivity index (χ2n) is 5.64. The van der Waals surface area contributed by atoms with Crippen LogP contribution in [-0.4, -0.2) is 5.78 Å². The van der Waals surface area contributed by atoms with Gasteiger partial charge in [-0.05, 0) is 36.0 Å². The maximum atomic E-state index is 12.7. The van der Waals surface area contributed by atoms with Crippen molar-refractivity contribution < 1.29 is 4.79 Å². The number of carbonyl (C=O) groups excluding carboxylic acids is 1. The molecule has 2 aromatic rings. The van der Waals surface area contributed by atoms with Crippen LogP contribution in [0.25, 0.3) is 0 Å². The summed E-state index contributed by atoms with van der Waals surface area (Å²) < 4.78 is 0. The molecule has 0 amide bonds. The molecule has 1 nitrogen and oxygen atoms in total. The molecule has 0 aliphatic carbocycles. The van der Waals surface area contributed by atoms with E-state index in [1.165, 1.54) is 5.56 Å². The minimum atomic E-state index is 0.132. The molecular formula is C19H22O. The maximum Gasteiger partial charge on any atom is 0.193 e. The molecule has 0 spiro atoms. The first-order valence-corrected chi connectivity index (χ1v) is 7.33. The lowest BCUT2D eigenvalue weighted by Gasteiger charge is -2.09. The topological polar surface area (TPSA) is 17.1 Å². The Bertz CT molecular complexity index is 596. The van der Waals surface area contributed by atoms with Crippen molar-refractivity contribution in [3.05, 3.63) is 70.8 Å². The van der Waals surface area contributed by atoms with Crippen LogP contribution in [0.3, 0.4) is 0 Å². The zero-order chi connectivity index (χ0) is 14.5. The quantitative estimate of drug-likeness (QED) is 0.718. The van der Waals surface area contributed by atoms with E-state index in [0.29, 0.717) is 5.92 Å². The molecule has 0 atom stereocenters. The monoisotopic (exact) mass is 266 g/mol. The zero-order valence-corrected chi connectivity index (χ0v) is 12.5. The lowest BCUT2D eigenvalue weighted by atomic mass is 9.94. The van der Waals surface area contributed by atoms with E-state index in [1.807, 2.05) is 42.5 Å². The predicted molar refractivity (Wildman–Crippen MR) is 84.2 cm³/mol. The largest absolute Gasteiger partial charge is 0.289 e. The standard InChI is InChI=1S/C19H22O/c1-4-16-9-5-6-11-18(16)19(20)17-10-7-8-15(13-17)12-14(2)3/h5-11,13-14H,4,12H2,1-3H3. The Balaban J connectivity index is 2.33. The minimum absolute atomic E-state index is 0.132. The van der Waals surface area contributed by atoms with Gasteiger partial charge in [-0.2, -0.15) is 0 Å². The highest BCUT2D eigenvalue weighted by atomic mass is 16.1. The normalized spacial score (nSPS) is 10.8. The van der Waals surface area contributed by atoms with Crippen molar-refractivity contribution in [3.8, 4) is 0 Å². The number of hydrogen-bond donors (Lipinski definition) is 0. The van der Waals surface area contributed by atoms with E-state index in [9.17, 15) is 4.79 Å². The fourth-order valence-electron chi connectivity index (χ4n) is 2.52. The summed E-state index contributed by atoms with van der Waals surface area (Å²) in [5.41, 5.74) is 3.98. The van der Waals surface area contributed by atoms with Gasteiger partial charge in [-0.15, -0.1) is 0 Å². The summed E-state index contributed by atoms with van der Waals surface area (Å²) in [5, 5.41) is 0. The number of aryl methyl sites for hydroxylation is 1. The van der Waals surface area contributed by atoms with Crippen LogP contribution >= 0.6 is 0 Å². The van der Waals surface area contributed by atoms with E-state index in [0.717, 1.165) is 29.5 Å². The van der Waals surface area contributed by atoms with Gasteiger partial charge < -0.3 is 0 Å². The van der Waals surface area contributed by atoms with Gasteiger partial charge in [0.1, 0.15) is 0 Å². The first kappa shape index (κ1) is 14.5. The Morgan fingerprint density at radius 3 is 2.50 bits per heavy atom. The molecule has 0 unspecified atom stereocenters. The average molecular weight is 266 g/mol. The molecule has 0 aliphatic rings. The number of carbonyl (C=O) groups is 1. The van der Waals surface area contributed by atoms with E-state index in [1.54, 1.807) is 0 Å². The van der Waals surface area contributed by atoms with Gasteiger partial charge in [-0.3, -0.25) is 4.79 Å². The van der Waals surface area contributed by atoms with E-state index < -0.39 is 0 Å². The van der Waals surface area contributed by atoms with Crippen LogP contribution in [0, 0.1) is 5.92 Å². The van der Waals surface area contributed by atoms with Crippen molar-refractivity contribution in [2.24, 2.45) is 5.92 Å². The van der Waals surface area contributed by atoms with Gasteiger partial charge in [0.2, 0.25) is 0 Å². The summed E-state index contributed by atoms with van der Waals surface area (Å²) >= 11 is 0. The van der Waals surface area contributed by atoms with Crippen LogP contribution in [0.4, 0.5) is 0 Å². The third kappa shape index (κ3) is 3.36. The SMILES string of the molecule is CCc1ccccc1C(=O)c1cccc(CC(C)C)c1. The second kappa shape index (κ2) is 6.51. The van der Waals surface area contributed by atoms with Crippen LogP contribution in [0.2, 0.25) is 0 Å². The molecule has 20 heavy (non-hydrogen) atoms. The highest BCUT2D eigenvalue weighted by molar-refractivity contribution is 6.10. The van der Waals surface area contributed by atoms with Gasteiger partial charge >= 0.3 is 0 Å². The summed E-state index contributed by atoms with van der Waals surface area (Å²) in [4.78, 5) is 12.7. The molecule has 0 N–H and O–H groups in total. The number of benzene rings is 2. The third-order valence-electron chi connectivity index (χ3n) is 3.48. The van der Waals surface area contributed by atoms with Crippen LogP contribution in [0.15, 0.2) is 48.5 Å². The Labute approximate surface area is 121 Å². The number of ketones is 1. The van der Waals surface area contributed by atoms with Crippen molar-refractivity contribution >= 4 is 5.78 Å². The van der Waals surface area contributed by atoms with E-state index in [-0.39, 0.29) is 5.78 Å². The van der Waals surface area contributed by atoms with Gasteiger partial charge in [-0.25, -0.2) is 0 Å². The average Bonchev–Trinajstić information content (AvgIpc) is 2.46.